The van der Waals surface area contributed by atoms with Gasteiger partial charge in [-0.05, 0) is 31.2 Å². The van der Waals surface area contributed by atoms with E-state index in [0.717, 1.165) is 5.56 Å². The second-order valence-electron chi connectivity index (χ2n) is 4.91. The summed E-state index contributed by atoms with van der Waals surface area (Å²) in [6, 6.07) is 6.74. The number of thioether (sulfide) groups is 1. The van der Waals surface area contributed by atoms with Gasteiger partial charge in [0, 0.05) is 23.7 Å². The summed E-state index contributed by atoms with van der Waals surface area (Å²) in [6.45, 7) is 6.45. The monoisotopic (exact) mass is 379 g/mol. The number of allylic oxidation sites excluding steroid dienone is 1. The van der Waals surface area contributed by atoms with Crippen molar-refractivity contribution in [2.24, 2.45) is 0 Å². The third-order valence-electron chi connectivity index (χ3n) is 3.05. The number of aromatic nitrogens is 3. The molecule has 1 aromatic heterocycles. The summed E-state index contributed by atoms with van der Waals surface area (Å²) >= 11 is 7.11. The van der Waals surface area contributed by atoms with Crippen LogP contribution in [0.5, 0.6) is 0 Å². The molecule has 2 rings (SSSR count). The highest BCUT2D eigenvalue weighted by atomic mass is 35.5. The summed E-state index contributed by atoms with van der Waals surface area (Å²) < 4.78 is 1.85. The van der Waals surface area contributed by atoms with Crippen molar-refractivity contribution in [3.8, 4) is 11.4 Å². The van der Waals surface area contributed by atoms with Crippen LogP contribution in [-0.4, -0.2) is 39.0 Å². The molecule has 7 nitrogen and oxygen atoms in total. The molecule has 0 aliphatic heterocycles. The van der Waals surface area contributed by atoms with Crippen molar-refractivity contribution in [3.63, 3.8) is 0 Å². The third-order valence-corrected chi connectivity index (χ3v) is 4.27. The highest BCUT2D eigenvalue weighted by Gasteiger charge is 2.15. The number of benzene rings is 1. The minimum Gasteiger partial charge on any atom is -0.338 e. The molecule has 0 unspecified atom stereocenters. The van der Waals surface area contributed by atoms with Crippen molar-refractivity contribution in [2.45, 2.75) is 18.6 Å². The van der Waals surface area contributed by atoms with Gasteiger partial charge in [-0.1, -0.05) is 29.4 Å². The number of nitrogens with zero attached hydrogens (tertiary/aromatic N) is 3. The number of halogens is 1. The number of rotatable bonds is 7. The van der Waals surface area contributed by atoms with E-state index in [1.54, 1.807) is 25.1 Å². The van der Waals surface area contributed by atoms with Crippen molar-refractivity contribution in [1.29, 1.82) is 0 Å². The largest absolute Gasteiger partial charge is 0.338 e. The summed E-state index contributed by atoms with van der Waals surface area (Å²) in [6.07, 6.45) is 1.72. The normalized spacial score (nSPS) is 10.3. The first kappa shape index (κ1) is 19.0. The Morgan fingerprint density at radius 3 is 2.68 bits per heavy atom. The maximum absolute atomic E-state index is 11.8. The van der Waals surface area contributed by atoms with Gasteiger partial charge in [-0.3, -0.25) is 14.7 Å². The Morgan fingerprint density at radius 1 is 1.32 bits per heavy atom. The van der Waals surface area contributed by atoms with Crippen molar-refractivity contribution < 1.29 is 9.59 Å². The number of carbonyl (C=O) groups is 2. The zero-order chi connectivity index (χ0) is 18.2. The second kappa shape index (κ2) is 9.24. The van der Waals surface area contributed by atoms with Gasteiger partial charge in [0.2, 0.25) is 5.91 Å². The maximum Gasteiger partial charge on any atom is 0.321 e. The molecule has 0 bridgehead atoms. The van der Waals surface area contributed by atoms with Crippen LogP contribution in [0.2, 0.25) is 5.02 Å². The van der Waals surface area contributed by atoms with E-state index < -0.39 is 11.9 Å². The molecule has 0 saturated heterocycles. The molecule has 0 aliphatic carbocycles. The zero-order valence-corrected chi connectivity index (χ0v) is 15.2. The van der Waals surface area contributed by atoms with E-state index in [1.165, 1.54) is 11.8 Å². The minimum atomic E-state index is -0.512. The van der Waals surface area contributed by atoms with Gasteiger partial charge >= 0.3 is 6.03 Å². The first-order valence-corrected chi connectivity index (χ1v) is 8.92. The Bertz CT molecular complexity index is 760. The summed E-state index contributed by atoms with van der Waals surface area (Å²) in [7, 11) is 0. The number of amides is 3. The van der Waals surface area contributed by atoms with Gasteiger partial charge in [0.15, 0.2) is 11.0 Å². The summed E-state index contributed by atoms with van der Waals surface area (Å²) in [5.74, 6) is 0.299. The molecule has 2 aromatic rings. The van der Waals surface area contributed by atoms with Gasteiger partial charge in [0.1, 0.15) is 0 Å². The van der Waals surface area contributed by atoms with E-state index in [2.05, 4.69) is 27.4 Å². The zero-order valence-electron chi connectivity index (χ0n) is 13.7. The second-order valence-corrected chi connectivity index (χ2v) is 6.29. The number of hydrogen-bond acceptors (Lipinski definition) is 5. The lowest BCUT2D eigenvalue weighted by Gasteiger charge is -2.08. The number of urea groups is 1. The summed E-state index contributed by atoms with van der Waals surface area (Å²) in [5, 5.41) is 14.3. The molecule has 0 saturated carbocycles. The standard InChI is InChI=1S/C16H18ClN5O2S/c1-3-9-22-14(11-5-7-12(17)8-6-11)20-21-16(22)25-10-13(23)19-15(24)18-4-2/h3,5-8H,1,4,9-10H2,2H3,(H2,18,19,23,24). The predicted molar refractivity (Wildman–Crippen MR) is 98.6 cm³/mol. The fourth-order valence-electron chi connectivity index (χ4n) is 2.00. The van der Waals surface area contributed by atoms with Crippen LogP contribution in [0.4, 0.5) is 4.79 Å². The van der Waals surface area contributed by atoms with Crippen LogP contribution < -0.4 is 10.6 Å². The molecule has 1 heterocycles. The molecular formula is C16H18ClN5O2S. The van der Waals surface area contributed by atoms with Crippen LogP contribution >= 0.6 is 23.4 Å². The minimum absolute atomic E-state index is 0.0486. The molecule has 1 aromatic carbocycles. The molecule has 2 N–H and O–H groups in total. The van der Waals surface area contributed by atoms with Crippen LogP contribution in [0.15, 0.2) is 42.1 Å². The molecule has 3 amide bonds. The van der Waals surface area contributed by atoms with E-state index in [-0.39, 0.29) is 5.75 Å². The van der Waals surface area contributed by atoms with Crippen LogP contribution in [0.1, 0.15) is 6.92 Å². The van der Waals surface area contributed by atoms with Gasteiger partial charge in [-0.2, -0.15) is 0 Å². The van der Waals surface area contributed by atoms with E-state index in [1.807, 2.05) is 16.7 Å². The Labute approximate surface area is 154 Å². The van der Waals surface area contributed by atoms with Crippen molar-refractivity contribution >= 4 is 35.3 Å². The Morgan fingerprint density at radius 2 is 2.04 bits per heavy atom. The summed E-state index contributed by atoms with van der Waals surface area (Å²) in [5.41, 5.74) is 0.859. The molecule has 25 heavy (non-hydrogen) atoms. The lowest BCUT2D eigenvalue weighted by molar-refractivity contribution is -0.117. The van der Waals surface area contributed by atoms with Crippen LogP contribution in [0, 0.1) is 0 Å². The Hall–Kier alpha value is -2.32. The van der Waals surface area contributed by atoms with Gasteiger partial charge in [-0.25, -0.2) is 4.79 Å². The van der Waals surface area contributed by atoms with Crippen LogP contribution in [0.25, 0.3) is 11.4 Å². The van der Waals surface area contributed by atoms with E-state index in [9.17, 15) is 9.59 Å². The quantitative estimate of drug-likeness (QED) is 0.570. The van der Waals surface area contributed by atoms with E-state index in [0.29, 0.717) is 29.1 Å². The number of nitrogens with one attached hydrogen (secondary N) is 2. The molecular weight excluding hydrogens is 362 g/mol. The van der Waals surface area contributed by atoms with Crippen molar-refractivity contribution in [1.82, 2.24) is 25.4 Å². The third kappa shape index (κ3) is 5.33. The van der Waals surface area contributed by atoms with Crippen LogP contribution in [-0.2, 0) is 11.3 Å². The SMILES string of the molecule is C=CCn1c(SCC(=O)NC(=O)NCC)nnc1-c1ccc(Cl)cc1. The Kier molecular flexibility index (Phi) is 7.03. The molecule has 0 aliphatic rings. The highest BCUT2D eigenvalue weighted by molar-refractivity contribution is 7.99. The maximum atomic E-state index is 11.8. The molecule has 132 valence electrons. The number of hydrogen-bond donors (Lipinski definition) is 2. The first-order valence-electron chi connectivity index (χ1n) is 7.55. The highest BCUT2D eigenvalue weighted by Crippen LogP contribution is 2.25. The van der Waals surface area contributed by atoms with Crippen LogP contribution in [0.3, 0.4) is 0 Å². The number of imide groups is 1. The average molecular weight is 380 g/mol. The molecule has 0 fully saturated rings. The lowest BCUT2D eigenvalue weighted by atomic mass is 10.2. The smallest absolute Gasteiger partial charge is 0.321 e. The fraction of sp³-hybridized carbons (Fsp3) is 0.250. The molecule has 0 atom stereocenters. The van der Waals surface area contributed by atoms with Gasteiger partial charge in [0.05, 0.1) is 5.75 Å². The topological polar surface area (TPSA) is 88.9 Å². The first-order chi connectivity index (χ1) is 12.0. The van der Waals surface area contributed by atoms with Crippen molar-refractivity contribution in [3.05, 3.63) is 41.9 Å². The van der Waals surface area contributed by atoms with Crippen molar-refractivity contribution in [2.75, 3.05) is 12.3 Å². The fourth-order valence-corrected chi connectivity index (χ4v) is 2.87. The van der Waals surface area contributed by atoms with Gasteiger partial charge in [0.25, 0.3) is 0 Å². The average Bonchev–Trinajstić information content (AvgIpc) is 2.97. The Balaban J connectivity index is 2.10. The molecule has 0 radical (unpaired) electrons. The van der Waals surface area contributed by atoms with E-state index in [4.69, 9.17) is 11.6 Å². The van der Waals surface area contributed by atoms with E-state index >= 15 is 0 Å². The molecule has 0 spiro atoms. The van der Waals surface area contributed by atoms with Gasteiger partial charge in [-0.15, -0.1) is 16.8 Å². The number of carbonyl (C=O) groups excluding carboxylic acids is 2. The lowest BCUT2D eigenvalue weighted by Crippen LogP contribution is -2.40. The van der Waals surface area contributed by atoms with Gasteiger partial charge < -0.3 is 5.32 Å². The predicted octanol–water partition coefficient (Wildman–Crippen LogP) is 2.72. The molecule has 9 heteroatoms. The summed E-state index contributed by atoms with van der Waals surface area (Å²) in [4.78, 5) is 23.1.